The van der Waals surface area contributed by atoms with Gasteiger partial charge in [-0.15, -0.1) is 0 Å². The van der Waals surface area contributed by atoms with Crippen molar-refractivity contribution >= 4 is 27.6 Å². The number of imidazole rings is 1. The number of benzene rings is 2. The molecule has 9 heteroatoms. The molecule has 2 N–H and O–H groups in total. The second-order valence-corrected chi connectivity index (χ2v) is 7.98. The number of H-pyrrole nitrogens is 2. The normalized spacial score (nSPS) is 16.8. The molecule has 1 aliphatic heterocycles. The van der Waals surface area contributed by atoms with Gasteiger partial charge < -0.3 is 19.4 Å². The van der Waals surface area contributed by atoms with E-state index in [2.05, 4.69) is 19.9 Å². The summed E-state index contributed by atoms with van der Waals surface area (Å²) < 4.78 is 51.1. The number of hydrogen-bond acceptors (Lipinski definition) is 4. The molecule has 0 fully saturated rings. The van der Waals surface area contributed by atoms with Gasteiger partial charge in [0.05, 0.1) is 27.9 Å². The van der Waals surface area contributed by atoms with Crippen LogP contribution in [0.15, 0.2) is 66.7 Å². The van der Waals surface area contributed by atoms with Crippen molar-refractivity contribution in [2.45, 2.75) is 12.1 Å². The highest BCUT2D eigenvalue weighted by atomic mass is 19.4. The van der Waals surface area contributed by atoms with Crippen LogP contribution in [0.1, 0.15) is 22.9 Å². The van der Waals surface area contributed by atoms with E-state index in [1.54, 1.807) is 18.5 Å². The monoisotopic (exact) mass is 446 g/mol. The third kappa shape index (κ3) is 2.75. The van der Waals surface area contributed by atoms with Gasteiger partial charge in [0, 0.05) is 23.5 Å². The summed E-state index contributed by atoms with van der Waals surface area (Å²) in [6.45, 7) is 0. The van der Waals surface area contributed by atoms with Gasteiger partial charge in [0.25, 0.3) is 0 Å². The Hall–Kier alpha value is -4.27. The number of pyridine rings is 1. The number of halogens is 3. The minimum Gasteiger partial charge on any atom is -0.460 e. The lowest BCUT2D eigenvalue weighted by molar-refractivity contribution is -0.137. The van der Waals surface area contributed by atoms with Crippen molar-refractivity contribution in [2.75, 3.05) is 0 Å². The molecule has 2 aromatic carbocycles. The van der Waals surface area contributed by atoms with Crippen molar-refractivity contribution in [1.29, 1.82) is 0 Å². The molecule has 6 nitrogen and oxygen atoms in total. The van der Waals surface area contributed by atoms with Crippen LogP contribution in [0, 0.1) is 0 Å². The van der Waals surface area contributed by atoms with E-state index in [0.717, 1.165) is 45.8 Å². The van der Waals surface area contributed by atoms with Crippen LogP contribution in [-0.2, 0) is 6.18 Å². The molecule has 0 bridgehead atoms. The van der Waals surface area contributed by atoms with E-state index in [1.807, 2.05) is 24.3 Å². The van der Waals surface area contributed by atoms with E-state index in [4.69, 9.17) is 9.47 Å². The van der Waals surface area contributed by atoms with Gasteiger partial charge in [-0.2, -0.15) is 13.2 Å². The van der Waals surface area contributed by atoms with E-state index in [-0.39, 0.29) is 5.92 Å². The highest BCUT2D eigenvalue weighted by Gasteiger charge is 2.50. The zero-order valence-corrected chi connectivity index (χ0v) is 16.7. The average molecular weight is 446 g/mol. The van der Waals surface area contributed by atoms with E-state index in [9.17, 15) is 13.2 Å². The maximum Gasteiger partial charge on any atom is 0.416 e. The Kier molecular flexibility index (Phi) is 3.42. The maximum atomic E-state index is 13.0. The summed E-state index contributed by atoms with van der Waals surface area (Å²) in [4.78, 5) is 14.8. The number of ether oxygens (including phenoxy) is 2. The molecule has 1 atom stereocenters. The number of hydrogen-bond donors (Lipinski definition) is 2. The van der Waals surface area contributed by atoms with Gasteiger partial charge >= 0.3 is 6.18 Å². The van der Waals surface area contributed by atoms with Crippen LogP contribution in [0.3, 0.4) is 0 Å². The molecule has 0 radical (unpaired) electrons. The molecule has 7 rings (SSSR count). The molecule has 4 heterocycles. The zero-order chi connectivity index (χ0) is 22.3. The number of alkyl halides is 3. The molecule has 0 saturated carbocycles. The summed E-state index contributed by atoms with van der Waals surface area (Å²) in [6, 6.07) is 12.8. The molecule has 0 spiro atoms. The zero-order valence-electron chi connectivity index (χ0n) is 16.7. The fraction of sp³-hybridized carbons (Fsp3) is 0.0833. The minimum atomic E-state index is -4.41. The lowest BCUT2D eigenvalue weighted by Gasteiger charge is -2.09. The number of aromatic amines is 2. The van der Waals surface area contributed by atoms with Crippen molar-refractivity contribution in [3.05, 3.63) is 83.6 Å². The van der Waals surface area contributed by atoms with Gasteiger partial charge in [0.15, 0.2) is 0 Å². The molecule has 0 amide bonds. The summed E-state index contributed by atoms with van der Waals surface area (Å²) in [5, 5.41) is 0.876. The number of aromatic nitrogens is 4. The molecular formula is C24H13F3N4O2. The van der Waals surface area contributed by atoms with Crippen LogP contribution >= 0.6 is 0 Å². The number of rotatable bonds is 3. The first-order valence-corrected chi connectivity index (χ1v) is 10.2. The fourth-order valence-corrected chi connectivity index (χ4v) is 4.36. The summed E-state index contributed by atoms with van der Waals surface area (Å²) >= 11 is 0. The van der Waals surface area contributed by atoms with Crippen molar-refractivity contribution in [3.8, 4) is 17.2 Å². The predicted octanol–water partition coefficient (Wildman–Crippen LogP) is 6.15. The average Bonchev–Trinajstić information content (AvgIpc) is 3.18. The third-order valence-electron chi connectivity index (χ3n) is 5.96. The lowest BCUT2D eigenvalue weighted by atomic mass is 10.1. The first-order chi connectivity index (χ1) is 16.0. The van der Waals surface area contributed by atoms with Gasteiger partial charge in [-0.05, 0) is 48.5 Å². The van der Waals surface area contributed by atoms with Crippen molar-refractivity contribution in [2.24, 2.45) is 0 Å². The molecule has 33 heavy (non-hydrogen) atoms. The number of fused-ring (bicyclic) bond motifs is 5. The van der Waals surface area contributed by atoms with Crippen molar-refractivity contribution < 1.29 is 22.6 Å². The second-order valence-electron chi connectivity index (χ2n) is 7.98. The molecule has 1 aliphatic carbocycles. The molecule has 0 saturated heterocycles. The van der Waals surface area contributed by atoms with Crippen molar-refractivity contribution in [1.82, 2.24) is 19.9 Å². The van der Waals surface area contributed by atoms with Crippen molar-refractivity contribution in [3.63, 3.8) is 0 Å². The van der Waals surface area contributed by atoms with Gasteiger partial charge in [0.1, 0.15) is 34.5 Å². The van der Waals surface area contributed by atoms with Gasteiger partial charge in [0.2, 0.25) is 0 Å². The number of nitrogens with zero attached hydrogens (tertiary/aromatic N) is 2. The van der Waals surface area contributed by atoms with Gasteiger partial charge in [-0.1, -0.05) is 0 Å². The number of nitrogens with one attached hydrogen (secondary N) is 2. The fourth-order valence-electron chi connectivity index (χ4n) is 4.36. The van der Waals surface area contributed by atoms with E-state index in [0.29, 0.717) is 28.4 Å². The van der Waals surface area contributed by atoms with Crippen LogP contribution in [0.5, 0.6) is 17.2 Å². The largest absolute Gasteiger partial charge is 0.460 e. The summed E-state index contributed by atoms with van der Waals surface area (Å²) in [7, 11) is 0. The quantitative estimate of drug-likeness (QED) is 0.349. The minimum absolute atomic E-state index is 0.0871. The Morgan fingerprint density at radius 3 is 2.82 bits per heavy atom. The number of allylic oxidation sites excluding steroid dienone is 2. The Morgan fingerprint density at radius 1 is 1.03 bits per heavy atom. The van der Waals surface area contributed by atoms with Gasteiger partial charge in [-0.3, -0.25) is 0 Å². The first-order valence-electron chi connectivity index (χ1n) is 10.2. The predicted molar refractivity (Wildman–Crippen MR) is 114 cm³/mol. The molecule has 1 unspecified atom stereocenters. The Bertz CT molecular complexity index is 1630. The SMILES string of the molecule is FC(F)(F)c1ccc2nc(C3=C4Oc5ccc(Oc6ccnc7[nH]ccc67)cc5C43)[nH]c2c1. The first kappa shape index (κ1) is 18.3. The third-order valence-corrected chi connectivity index (χ3v) is 5.96. The van der Waals surface area contributed by atoms with Crippen LogP contribution in [0.2, 0.25) is 0 Å². The summed E-state index contributed by atoms with van der Waals surface area (Å²) in [5.74, 6) is 3.26. The molecule has 162 valence electrons. The Morgan fingerprint density at radius 2 is 1.94 bits per heavy atom. The molecule has 3 aromatic heterocycles. The summed E-state index contributed by atoms with van der Waals surface area (Å²) in [5.41, 5.74) is 2.62. The van der Waals surface area contributed by atoms with E-state index >= 15 is 0 Å². The Balaban J connectivity index is 1.19. The van der Waals surface area contributed by atoms with Crippen LogP contribution in [0.4, 0.5) is 13.2 Å². The molecule has 5 aromatic rings. The van der Waals surface area contributed by atoms with Crippen LogP contribution < -0.4 is 9.47 Å². The second kappa shape index (κ2) is 6.16. The maximum absolute atomic E-state index is 13.0. The standard InChI is InChI=1S/C24H13F3N4O2/c25-24(26,27)11-1-3-15-16(9-11)31-23(30-15)20-19-14-10-12(2-4-17(14)33-21(19)20)32-18-6-8-29-22-13(18)5-7-28-22/h1-10,19H,(H,28,29)(H,30,31). The van der Waals surface area contributed by atoms with Crippen LogP contribution in [-0.4, -0.2) is 19.9 Å². The van der Waals surface area contributed by atoms with Gasteiger partial charge in [-0.25, -0.2) is 9.97 Å². The Labute approximate surface area is 183 Å². The lowest BCUT2D eigenvalue weighted by Crippen LogP contribution is -2.04. The highest BCUT2D eigenvalue weighted by Crippen LogP contribution is 2.61. The van der Waals surface area contributed by atoms with E-state index in [1.165, 1.54) is 6.07 Å². The topological polar surface area (TPSA) is 75.8 Å². The van der Waals surface area contributed by atoms with Crippen LogP contribution in [0.25, 0.3) is 27.6 Å². The smallest absolute Gasteiger partial charge is 0.416 e. The molecular weight excluding hydrogens is 433 g/mol. The highest BCUT2D eigenvalue weighted by molar-refractivity contribution is 5.93. The molecule has 2 aliphatic rings. The summed E-state index contributed by atoms with van der Waals surface area (Å²) in [6.07, 6.45) is -0.926. The van der Waals surface area contributed by atoms with E-state index < -0.39 is 11.7 Å².